The van der Waals surface area contributed by atoms with Crippen LogP contribution in [0, 0.1) is 13.8 Å². The van der Waals surface area contributed by atoms with E-state index >= 15 is 0 Å². The maximum Gasteiger partial charge on any atom is 0.338 e. The highest BCUT2D eigenvalue weighted by Crippen LogP contribution is 2.39. The van der Waals surface area contributed by atoms with Gasteiger partial charge >= 0.3 is 12.0 Å². The van der Waals surface area contributed by atoms with Gasteiger partial charge in [0.1, 0.15) is 0 Å². The number of nitrogens with one attached hydrogen (secondary N) is 2. The molecule has 0 aliphatic carbocycles. The lowest BCUT2D eigenvalue weighted by Gasteiger charge is -2.38. The molecule has 0 saturated carbocycles. The number of benzene rings is 2. The van der Waals surface area contributed by atoms with Crippen LogP contribution < -0.4 is 25.0 Å². The summed E-state index contributed by atoms with van der Waals surface area (Å²) < 4.78 is 16.5. The fourth-order valence-corrected chi connectivity index (χ4v) is 5.10. The number of piperazine rings is 1. The highest BCUT2D eigenvalue weighted by molar-refractivity contribution is 5.95. The third-order valence-electron chi connectivity index (χ3n) is 6.84. The average Bonchev–Trinajstić information content (AvgIpc) is 2.88. The van der Waals surface area contributed by atoms with E-state index in [4.69, 9.17) is 14.2 Å². The molecule has 1 saturated heterocycles. The van der Waals surface area contributed by atoms with E-state index in [0.29, 0.717) is 34.9 Å². The maximum absolute atomic E-state index is 13.2. The minimum atomic E-state index is -0.746. The molecule has 9 nitrogen and oxygen atoms in total. The summed E-state index contributed by atoms with van der Waals surface area (Å²) in [7, 11) is 3.09. The lowest BCUT2D eigenvalue weighted by atomic mass is 9.93. The number of aryl methyl sites for hydroxylation is 2. The standard InChI is InChI=1S/C28H36N4O5/c1-6-37-27(33)24-21(17-31-12-14-32(15-13-31)22-11-10-18(2)16-19(22)3)29-28(34)30-25(24)20-8-7-9-23(35-4)26(20)36-5/h7-11,16,25H,6,12-15,17H2,1-5H3,(H2,29,30,34)/t25-/m0/s1. The third kappa shape index (κ3) is 5.67. The van der Waals surface area contributed by atoms with Crippen molar-refractivity contribution >= 4 is 17.7 Å². The molecule has 9 heteroatoms. The number of rotatable bonds is 8. The Balaban J connectivity index is 1.62. The summed E-state index contributed by atoms with van der Waals surface area (Å²) in [5, 5.41) is 5.76. The Morgan fingerprint density at radius 1 is 1.05 bits per heavy atom. The second kappa shape index (κ2) is 11.6. The minimum absolute atomic E-state index is 0.222. The molecule has 2 aromatic rings. The van der Waals surface area contributed by atoms with E-state index in [2.05, 4.69) is 52.5 Å². The molecule has 2 aliphatic rings. The molecule has 1 atom stereocenters. The van der Waals surface area contributed by atoms with Crippen molar-refractivity contribution in [1.29, 1.82) is 0 Å². The quantitative estimate of drug-likeness (QED) is 0.529. The summed E-state index contributed by atoms with van der Waals surface area (Å²) in [6.45, 7) is 9.95. The van der Waals surface area contributed by atoms with Crippen molar-refractivity contribution in [1.82, 2.24) is 15.5 Å². The van der Waals surface area contributed by atoms with Crippen LogP contribution in [0.1, 0.15) is 29.7 Å². The first-order valence-corrected chi connectivity index (χ1v) is 12.6. The van der Waals surface area contributed by atoms with Gasteiger partial charge in [0.05, 0.1) is 32.4 Å². The van der Waals surface area contributed by atoms with Crippen LogP contribution in [0.5, 0.6) is 11.5 Å². The van der Waals surface area contributed by atoms with Crippen molar-refractivity contribution in [3.63, 3.8) is 0 Å². The van der Waals surface area contributed by atoms with Gasteiger partial charge in [-0.15, -0.1) is 0 Å². The van der Waals surface area contributed by atoms with Crippen molar-refractivity contribution in [2.45, 2.75) is 26.8 Å². The second-order valence-corrected chi connectivity index (χ2v) is 9.28. The number of methoxy groups -OCH3 is 2. The predicted octanol–water partition coefficient (Wildman–Crippen LogP) is 3.31. The number of nitrogens with zero attached hydrogens (tertiary/aromatic N) is 2. The van der Waals surface area contributed by atoms with E-state index < -0.39 is 12.0 Å². The van der Waals surface area contributed by atoms with E-state index in [9.17, 15) is 9.59 Å². The van der Waals surface area contributed by atoms with Gasteiger partial charge in [-0.05, 0) is 38.5 Å². The van der Waals surface area contributed by atoms with Crippen LogP contribution in [0.15, 0.2) is 47.7 Å². The largest absolute Gasteiger partial charge is 0.493 e. The van der Waals surface area contributed by atoms with Crippen molar-refractivity contribution in [2.24, 2.45) is 0 Å². The number of hydrogen-bond acceptors (Lipinski definition) is 7. The van der Waals surface area contributed by atoms with Crippen molar-refractivity contribution in [2.75, 3.05) is 58.5 Å². The molecule has 2 aliphatic heterocycles. The number of carbonyl (C=O) groups is 2. The second-order valence-electron chi connectivity index (χ2n) is 9.28. The van der Waals surface area contributed by atoms with E-state index in [1.807, 2.05) is 6.07 Å². The summed E-state index contributed by atoms with van der Waals surface area (Å²) in [6.07, 6.45) is 0. The number of ether oxygens (including phenoxy) is 3. The minimum Gasteiger partial charge on any atom is -0.493 e. The van der Waals surface area contributed by atoms with Gasteiger partial charge in [0, 0.05) is 49.7 Å². The molecule has 0 aromatic heterocycles. The average molecular weight is 509 g/mol. The first-order chi connectivity index (χ1) is 17.9. The molecular formula is C28H36N4O5. The van der Waals surface area contributed by atoms with Crippen LogP contribution in [0.3, 0.4) is 0 Å². The van der Waals surface area contributed by atoms with Gasteiger partial charge in [0.15, 0.2) is 11.5 Å². The third-order valence-corrected chi connectivity index (χ3v) is 6.84. The van der Waals surface area contributed by atoms with Gasteiger partial charge < -0.3 is 29.7 Å². The predicted molar refractivity (Wildman–Crippen MR) is 142 cm³/mol. The molecule has 1 fully saturated rings. The van der Waals surface area contributed by atoms with Crippen molar-refractivity contribution in [3.8, 4) is 11.5 Å². The zero-order valence-electron chi connectivity index (χ0n) is 22.2. The molecule has 2 heterocycles. The van der Waals surface area contributed by atoms with Gasteiger partial charge in [-0.25, -0.2) is 9.59 Å². The van der Waals surface area contributed by atoms with Gasteiger partial charge in [0.25, 0.3) is 0 Å². The Labute approximate surface area is 218 Å². The Morgan fingerprint density at radius 2 is 1.81 bits per heavy atom. The summed E-state index contributed by atoms with van der Waals surface area (Å²) in [5.74, 6) is 0.495. The van der Waals surface area contributed by atoms with E-state index in [1.165, 1.54) is 23.9 Å². The van der Waals surface area contributed by atoms with E-state index in [0.717, 1.165) is 26.2 Å². The first kappa shape index (κ1) is 26.3. The van der Waals surface area contributed by atoms with Gasteiger partial charge in [-0.2, -0.15) is 0 Å². The van der Waals surface area contributed by atoms with Gasteiger partial charge in [0.2, 0.25) is 0 Å². The Morgan fingerprint density at radius 3 is 2.46 bits per heavy atom. The zero-order valence-corrected chi connectivity index (χ0v) is 22.2. The Hall–Kier alpha value is -3.72. The van der Waals surface area contributed by atoms with Crippen LogP contribution in [-0.2, 0) is 9.53 Å². The maximum atomic E-state index is 13.2. The van der Waals surface area contributed by atoms with Crippen LogP contribution in [0.4, 0.5) is 10.5 Å². The molecule has 0 spiro atoms. The highest BCUT2D eigenvalue weighted by Gasteiger charge is 2.36. The number of para-hydroxylation sites is 1. The van der Waals surface area contributed by atoms with E-state index in [-0.39, 0.29) is 12.6 Å². The Bertz CT molecular complexity index is 1190. The fraction of sp³-hybridized carbons (Fsp3) is 0.429. The SMILES string of the molecule is CCOC(=O)C1=C(CN2CCN(c3ccc(C)cc3C)CC2)NC(=O)N[C@H]1c1cccc(OC)c1OC. The van der Waals surface area contributed by atoms with Crippen molar-refractivity contribution in [3.05, 3.63) is 64.4 Å². The fourth-order valence-electron chi connectivity index (χ4n) is 5.10. The van der Waals surface area contributed by atoms with Crippen LogP contribution in [0.2, 0.25) is 0 Å². The summed E-state index contributed by atoms with van der Waals surface area (Å²) in [6, 6.07) is 10.8. The molecule has 2 amide bonds. The Kier molecular flexibility index (Phi) is 8.23. The lowest BCUT2D eigenvalue weighted by molar-refractivity contribution is -0.139. The summed E-state index contributed by atoms with van der Waals surface area (Å²) >= 11 is 0. The number of carbonyl (C=O) groups excluding carboxylic acids is 2. The normalized spacial score (nSPS) is 18.2. The number of hydrogen-bond donors (Lipinski definition) is 2. The lowest BCUT2D eigenvalue weighted by Crippen LogP contribution is -2.52. The summed E-state index contributed by atoms with van der Waals surface area (Å²) in [4.78, 5) is 30.6. The monoisotopic (exact) mass is 508 g/mol. The van der Waals surface area contributed by atoms with Crippen molar-refractivity contribution < 1.29 is 23.8 Å². The van der Waals surface area contributed by atoms with Crippen LogP contribution >= 0.6 is 0 Å². The summed E-state index contributed by atoms with van der Waals surface area (Å²) in [5.41, 5.74) is 5.29. The molecular weight excluding hydrogens is 472 g/mol. The number of urea groups is 1. The van der Waals surface area contributed by atoms with E-state index in [1.54, 1.807) is 26.2 Å². The molecule has 2 aromatic carbocycles. The van der Waals surface area contributed by atoms with Crippen LogP contribution in [-0.4, -0.2) is 70.5 Å². The molecule has 0 unspecified atom stereocenters. The van der Waals surface area contributed by atoms with Gasteiger partial charge in [-0.1, -0.05) is 29.8 Å². The topological polar surface area (TPSA) is 92.4 Å². The molecule has 4 rings (SSSR count). The molecule has 37 heavy (non-hydrogen) atoms. The smallest absolute Gasteiger partial charge is 0.338 e. The first-order valence-electron chi connectivity index (χ1n) is 12.6. The number of esters is 1. The zero-order chi connectivity index (χ0) is 26.5. The highest BCUT2D eigenvalue weighted by atomic mass is 16.5. The number of anilines is 1. The molecule has 0 radical (unpaired) electrons. The molecule has 0 bridgehead atoms. The molecule has 198 valence electrons. The van der Waals surface area contributed by atoms with Crippen LogP contribution in [0.25, 0.3) is 0 Å². The van der Waals surface area contributed by atoms with Gasteiger partial charge in [-0.3, -0.25) is 4.90 Å². The number of amides is 2. The molecule has 2 N–H and O–H groups in total.